The van der Waals surface area contributed by atoms with Gasteiger partial charge in [-0.1, -0.05) is 19.8 Å². The summed E-state index contributed by atoms with van der Waals surface area (Å²) in [6.07, 6.45) is 7.47. The van der Waals surface area contributed by atoms with Crippen LogP contribution in [0.15, 0.2) is 29.3 Å². The van der Waals surface area contributed by atoms with Crippen LogP contribution >= 0.6 is 0 Å². The van der Waals surface area contributed by atoms with Gasteiger partial charge in [0.1, 0.15) is 0 Å². The van der Waals surface area contributed by atoms with Crippen LogP contribution in [-0.4, -0.2) is 17.7 Å². The first-order valence-electron chi connectivity index (χ1n) is 5.69. The van der Waals surface area contributed by atoms with Gasteiger partial charge in [0, 0.05) is 37.6 Å². The molecule has 1 N–H and O–H groups in total. The summed E-state index contributed by atoms with van der Waals surface area (Å²) in [7, 11) is 0. The fraction of sp³-hybridized carbons (Fsp3) is 0.583. The third kappa shape index (κ3) is 5.37. The molecule has 0 radical (unpaired) electrons. The summed E-state index contributed by atoms with van der Waals surface area (Å²) in [5.41, 5.74) is 0.0714. The first-order valence-corrected chi connectivity index (χ1v) is 5.69. The Balaban J connectivity index is 2.10. The molecular weight excluding hydrogens is 188 g/mol. The van der Waals surface area contributed by atoms with Crippen molar-refractivity contribution in [2.24, 2.45) is 0 Å². The number of nitrogens with one attached hydrogen (secondary N) is 1. The summed E-state index contributed by atoms with van der Waals surface area (Å²) in [6, 6.07) is 3.19. The molecule has 0 atom stereocenters. The Morgan fingerprint density at radius 2 is 1.93 bits per heavy atom. The predicted molar refractivity (Wildman–Crippen MR) is 63.1 cm³/mol. The molecule has 0 bridgehead atoms. The molecule has 1 heterocycles. The second-order valence-electron chi connectivity index (χ2n) is 3.73. The third-order valence-corrected chi connectivity index (χ3v) is 2.36. The van der Waals surface area contributed by atoms with Crippen molar-refractivity contribution in [2.45, 2.75) is 32.7 Å². The molecule has 1 aromatic heterocycles. The number of aromatic nitrogens is 1. The standard InChI is InChI=1S/C12H20N2O/c1-2-3-4-7-13-8-11-14-9-5-12(15)6-10-14/h5-6,9-10,13H,2-4,7-8,11H2,1H3. The van der Waals surface area contributed by atoms with Crippen molar-refractivity contribution in [1.82, 2.24) is 9.88 Å². The Labute approximate surface area is 91.1 Å². The van der Waals surface area contributed by atoms with Gasteiger partial charge in [-0.15, -0.1) is 0 Å². The molecule has 0 amide bonds. The van der Waals surface area contributed by atoms with Crippen molar-refractivity contribution < 1.29 is 0 Å². The van der Waals surface area contributed by atoms with E-state index in [-0.39, 0.29) is 5.43 Å². The highest BCUT2D eigenvalue weighted by Gasteiger charge is 1.90. The van der Waals surface area contributed by atoms with E-state index in [1.165, 1.54) is 19.3 Å². The Bertz CT molecular complexity index is 299. The molecule has 15 heavy (non-hydrogen) atoms. The van der Waals surface area contributed by atoms with Crippen LogP contribution in [0.2, 0.25) is 0 Å². The number of nitrogens with zero attached hydrogens (tertiary/aromatic N) is 1. The number of pyridine rings is 1. The molecule has 1 rings (SSSR count). The minimum atomic E-state index is 0.0714. The van der Waals surface area contributed by atoms with E-state index >= 15 is 0 Å². The van der Waals surface area contributed by atoms with Crippen LogP contribution in [-0.2, 0) is 6.54 Å². The Hall–Kier alpha value is -1.09. The summed E-state index contributed by atoms with van der Waals surface area (Å²) in [5.74, 6) is 0. The fourth-order valence-electron chi connectivity index (χ4n) is 1.43. The van der Waals surface area contributed by atoms with Gasteiger partial charge >= 0.3 is 0 Å². The molecule has 1 aromatic rings. The molecule has 0 aromatic carbocycles. The lowest BCUT2D eigenvalue weighted by Crippen LogP contribution is -2.21. The van der Waals surface area contributed by atoms with Gasteiger partial charge in [0.15, 0.2) is 5.43 Å². The van der Waals surface area contributed by atoms with Crippen molar-refractivity contribution in [3.05, 3.63) is 34.7 Å². The normalized spacial score (nSPS) is 10.5. The molecule has 0 unspecified atom stereocenters. The molecule has 0 aliphatic rings. The fourth-order valence-corrected chi connectivity index (χ4v) is 1.43. The van der Waals surface area contributed by atoms with E-state index in [9.17, 15) is 4.79 Å². The van der Waals surface area contributed by atoms with Crippen LogP contribution in [0.1, 0.15) is 26.2 Å². The minimum Gasteiger partial charge on any atom is -0.353 e. The molecule has 0 aliphatic carbocycles. The average Bonchev–Trinajstić information content (AvgIpc) is 2.26. The zero-order valence-corrected chi connectivity index (χ0v) is 9.41. The van der Waals surface area contributed by atoms with Gasteiger partial charge in [-0.2, -0.15) is 0 Å². The molecule has 84 valence electrons. The molecule has 0 saturated carbocycles. The zero-order chi connectivity index (χ0) is 10.9. The lowest BCUT2D eigenvalue weighted by molar-refractivity contribution is 0.568. The largest absolute Gasteiger partial charge is 0.353 e. The van der Waals surface area contributed by atoms with E-state index < -0.39 is 0 Å². The number of hydrogen-bond acceptors (Lipinski definition) is 2. The van der Waals surface area contributed by atoms with E-state index in [1.54, 1.807) is 12.1 Å². The highest BCUT2D eigenvalue weighted by Crippen LogP contribution is 1.91. The van der Waals surface area contributed by atoms with Crippen molar-refractivity contribution in [3.63, 3.8) is 0 Å². The van der Waals surface area contributed by atoms with Crippen LogP contribution in [0.3, 0.4) is 0 Å². The maximum absolute atomic E-state index is 10.8. The zero-order valence-electron chi connectivity index (χ0n) is 9.41. The summed E-state index contributed by atoms with van der Waals surface area (Å²) in [5, 5.41) is 3.38. The van der Waals surface area contributed by atoms with E-state index in [0.29, 0.717) is 0 Å². The highest BCUT2D eigenvalue weighted by molar-refractivity contribution is 4.93. The first-order chi connectivity index (χ1) is 7.33. The van der Waals surface area contributed by atoms with Gasteiger partial charge in [0.2, 0.25) is 0 Å². The Kier molecular flexibility index (Phi) is 5.78. The number of hydrogen-bond donors (Lipinski definition) is 1. The summed E-state index contributed by atoms with van der Waals surface area (Å²) in [6.45, 7) is 5.19. The lowest BCUT2D eigenvalue weighted by atomic mass is 10.2. The van der Waals surface area contributed by atoms with E-state index in [2.05, 4.69) is 12.2 Å². The second kappa shape index (κ2) is 7.23. The van der Waals surface area contributed by atoms with Gasteiger partial charge in [-0.25, -0.2) is 0 Å². The molecular formula is C12H20N2O. The SMILES string of the molecule is CCCCCNCCn1ccc(=O)cc1. The van der Waals surface area contributed by atoms with Crippen LogP contribution < -0.4 is 10.7 Å². The molecule has 0 saturated heterocycles. The molecule has 0 aliphatic heterocycles. The molecule has 3 nitrogen and oxygen atoms in total. The van der Waals surface area contributed by atoms with Crippen LogP contribution in [0.4, 0.5) is 0 Å². The van der Waals surface area contributed by atoms with E-state index in [0.717, 1.165) is 19.6 Å². The minimum absolute atomic E-state index is 0.0714. The topological polar surface area (TPSA) is 34.0 Å². The van der Waals surface area contributed by atoms with Gasteiger partial charge < -0.3 is 9.88 Å². The monoisotopic (exact) mass is 208 g/mol. The number of rotatable bonds is 7. The Morgan fingerprint density at radius 3 is 2.60 bits per heavy atom. The molecule has 3 heteroatoms. The van der Waals surface area contributed by atoms with Crippen LogP contribution in [0.5, 0.6) is 0 Å². The van der Waals surface area contributed by atoms with Crippen LogP contribution in [0, 0.1) is 0 Å². The lowest BCUT2D eigenvalue weighted by Gasteiger charge is -2.06. The quantitative estimate of drug-likeness (QED) is 0.691. The molecule has 0 fully saturated rings. The highest BCUT2D eigenvalue weighted by atomic mass is 16.1. The third-order valence-electron chi connectivity index (χ3n) is 2.36. The number of unbranched alkanes of at least 4 members (excludes halogenated alkanes) is 2. The second-order valence-corrected chi connectivity index (χ2v) is 3.73. The summed E-state index contributed by atoms with van der Waals surface area (Å²) in [4.78, 5) is 10.8. The van der Waals surface area contributed by atoms with Crippen molar-refractivity contribution in [3.8, 4) is 0 Å². The van der Waals surface area contributed by atoms with Gasteiger partial charge in [-0.05, 0) is 13.0 Å². The maximum Gasteiger partial charge on any atom is 0.181 e. The van der Waals surface area contributed by atoms with Crippen LogP contribution in [0.25, 0.3) is 0 Å². The average molecular weight is 208 g/mol. The maximum atomic E-state index is 10.8. The van der Waals surface area contributed by atoms with Gasteiger partial charge in [0.05, 0.1) is 0 Å². The first kappa shape index (κ1) is 12.0. The summed E-state index contributed by atoms with van der Waals surface area (Å²) >= 11 is 0. The Morgan fingerprint density at radius 1 is 1.20 bits per heavy atom. The molecule has 0 spiro atoms. The van der Waals surface area contributed by atoms with Gasteiger partial charge in [0.25, 0.3) is 0 Å². The summed E-state index contributed by atoms with van der Waals surface area (Å²) < 4.78 is 2.02. The van der Waals surface area contributed by atoms with E-state index in [1.807, 2.05) is 17.0 Å². The smallest absolute Gasteiger partial charge is 0.181 e. The van der Waals surface area contributed by atoms with Crippen molar-refractivity contribution in [2.75, 3.05) is 13.1 Å². The van der Waals surface area contributed by atoms with Crippen molar-refractivity contribution >= 4 is 0 Å². The van der Waals surface area contributed by atoms with E-state index in [4.69, 9.17) is 0 Å². The predicted octanol–water partition coefficient (Wildman–Crippen LogP) is 1.63. The van der Waals surface area contributed by atoms with Crippen molar-refractivity contribution in [1.29, 1.82) is 0 Å². The van der Waals surface area contributed by atoms with Gasteiger partial charge in [-0.3, -0.25) is 4.79 Å².